The lowest BCUT2D eigenvalue weighted by Gasteiger charge is -2.18. The second kappa shape index (κ2) is 4.91. The van der Waals surface area contributed by atoms with Crippen molar-refractivity contribution >= 4 is 22.8 Å². The quantitative estimate of drug-likeness (QED) is 0.809. The molecule has 1 unspecified atom stereocenters. The van der Waals surface area contributed by atoms with Crippen LogP contribution in [0.5, 0.6) is 0 Å². The summed E-state index contributed by atoms with van der Waals surface area (Å²) in [6.07, 6.45) is 2.40. The van der Waals surface area contributed by atoms with E-state index in [1.54, 1.807) is 0 Å². The maximum absolute atomic E-state index is 12.0. The molecule has 22 heavy (non-hydrogen) atoms. The van der Waals surface area contributed by atoms with Crippen molar-refractivity contribution in [3.8, 4) is 0 Å². The Labute approximate surface area is 126 Å². The average Bonchev–Trinajstić information content (AvgIpc) is 3.09. The van der Waals surface area contributed by atoms with Gasteiger partial charge in [-0.3, -0.25) is 14.9 Å². The summed E-state index contributed by atoms with van der Waals surface area (Å²) in [5.74, 6) is -0.752. The second-order valence-electron chi connectivity index (χ2n) is 6.11. The first kappa shape index (κ1) is 13.5. The number of imide groups is 1. The molecule has 0 bridgehead atoms. The molecule has 1 aliphatic heterocycles. The largest absolute Gasteiger partial charge is 0.396 e. The summed E-state index contributed by atoms with van der Waals surface area (Å²) in [5, 5.41) is 16.7. The van der Waals surface area contributed by atoms with Crippen LogP contribution in [0.1, 0.15) is 35.6 Å². The zero-order valence-electron chi connectivity index (χ0n) is 12.0. The molecule has 0 spiro atoms. The average molecular weight is 300 g/mol. The summed E-state index contributed by atoms with van der Waals surface area (Å²) in [5.41, 5.74) is 3.59. The van der Waals surface area contributed by atoms with Gasteiger partial charge in [-0.15, -0.1) is 0 Å². The maximum atomic E-state index is 12.0. The van der Waals surface area contributed by atoms with Gasteiger partial charge in [0.15, 0.2) is 5.58 Å². The topological polar surface area (TPSA) is 92.4 Å². The number of hydrogen-bond acceptors (Lipinski definition) is 5. The van der Waals surface area contributed by atoms with Gasteiger partial charge in [0.1, 0.15) is 5.69 Å². The molecule has 2 amide bonds. The number of carbonyl (C=O) groups excluding carboxylic acids is 2. The molecular weight excluding hydrogens is 284 g/mol. The van der Waals surface area contributed by atoms with E-state index in [1.807, 2.05) is 12.1 Å². The number of rotatable bonds is 2. The number of nitrogens with one attached hydrogen (secondary N) is 1. The SMILES string of the molecule is O=C1CCC(c2noc3c4c(ccc23)C[C@H](CO)C4)C(=O)N1. The summed E-state index contributed by atoms with van der Waals surface area (Å²) < 4.78 is 5.52. The van der Waals surface area contributed by atoms with E-state index in [1.165, 1.54) is 5.56 Å². The fraction of sp³-hybridized carbons (Fsp3) is 0.438. The first-order valence-corrected chi connectivity index (χ1v) is 7.52. The zero-order chi connectivity index (χ0) is 15.3. The van der Waals surface area contributed by atoms with Gasteiger partial charge < -0.3 is 9.63 Å². The van der Waals surface area contributed by atoms with Crippen molar-refractivity contribution in [3.63, 3.8) is 0 Å². The Hall–Kier alpha value is -2.21. The maximum Gasteiger partial charge on any atom is 0.235 e. The molecule has 2 N–H and O–H groups in total. The molecule has 1 aliphatic carbocycles. The lowest BCUT2D eigenvalue weighted by Crippen LogP contribution is -2.39. The number of benzene rings is 1. The van der Waals surface area contributed by atoms with Gasteiger partial charge in [-0.2, -0.15) is 0 Å². The highest BCUT2D eigenvalue weighted by Gasteiger charge is 2.33. The van der Waals surface area contributed by atoms with Crippen molar-refractivity contribution in [2.45, 2.75) is 31.6 Å². The standard InChI is InChI=1S/C16H16N2O4/c19-7-8-5-9-1-2-10-14(18-22-15(10)12(9)6-8)11-3-4-13(20)17-16(11)21/h1-2,8,11,19H,3-7H2,(H,17,20,21)/t8-,11?/m0/s1. The number of fused-ring (bicyclic) bond motifs is 3. The second-order valence-corrected chi connectivity index (χ2v) is 6.11. The number of aliphatic hydroxyl groups excluding tert-OH is 1. The molecule has 6 heteroatoms. The van der Waals surface area contributed by atoms with Crippen LogP contribution in [0.2, 0.25) is 0 Å². The third kappa shape index (κ3) is 1.94. The van der Waals surface area contributed by atoms with Gasteiger partial charge in [0.05, 0.1) is 5.92 Å². The lowest BCUT2D eigenvalue weighted by atomic mass is 9.92. The first-order chi connectivity index (χ1) is 10.7. The van der Waals surface area contributed by atoms with Crippen LogP contribution in [0.3, 0.4) is 0 Å². The van der Waals surface area contributed by atoms with Gasteiger partial charge in [0, 0.05) is 24.0 Å². The number of carbonyl (C=O) groups is 2. The highest BCUT2D eigenvalue weighted by Crippen LogP contribution is 2.37. The van der Waals surface area contributed by atoms with Gasteiger partial charge in [-0.05, 0) is 36.8 Å². The molecule has 1 fully saturated rings. The number of piperidine rings is 1. The fourth-order valence-electron chi connectivity index (χ4n) is 3.54. The Morgan fingerprint density at radius 3 is 2.95 bits per heavy atom. The van der Waals surface area contributed by atoms with Crippen LogP contribution in [0.25, 0.3) is 11.0 Å². The van der Waals surface area contributed by atoms with Crippen LogP contribution in [0, 0.1) is 5.92 Å². The Morgan fingerprint density at radius 1 is 1.32 bits per heavy atom. The molecule has 2 heterocycles. The van der Waals surface area contributed by atoms with Crippen molar-refractivity contribution in [1.82, 2.24) is 10.5 Å². The number of nitrogens with zero attached hydrogens (tertiary/aromatic N) is 1. The normalized spacial score (nSPS) is 24.6. The first-order valence-electron chi connectivity index (χ1n) is 7.52. The molecule has 2 aliphatic rings. The summed E-state index contributed by atoms with van der Waals surface area (Å²) in [7, 11) is 0. The van der Waals surface area contributed by atoms with E-state index in [2.05, 4.69) is 10.5 Å². The summed E-state index contributed by atoms with van der Waals surface area (Å²) in [6, 6.07) is 3.96. The van der Waals surface area contributed by atoms with Crippen molar-refractivity contribution in [3.05, 3.63) is 29.0 Å². The minimum atomic E-state index is -0.438. The van der Waals surface area contributed by atoms with Crippen LogP contribution >= 0.6 is 0 Å². The van der Waals surface area contributed by atoms with E-state index in [9.17, 15) is 14.7 Å². The van der Waals surface area contributed by atoms with Crippen LogP contribution in [-0.4, -0.2) is 28.7 Å². The van der Waals surface area contributed by atoms with Gasteiger partial charge in [0.2, 0.25) is 11.8 Å². The van der Waals surface area contributed by atoms with E-state index in [0.717, 1.165) is 23.8 Å². The third-order valence-corrected chi connectivity index (χ3v) is 4.70. The highest BCUT2D eigenvalue weighted by molar-refractivity contribution is 6.02. The summed E-state index contributed by atoms with van der Waals surface area (Å²) >= 11 is 0. The number of amides is 2. The molecule has 1 aromatic carbocycles. The van der Waals surface area contributed by atoms with Crippen LogP contribution < -0.4 is 5.32 Å². The Bertz CT molecular complexity index is 780. The van der Waals surface area contributed by atoms with E-state index in [-0.39, 0.29) is 24.3 Å². The number of aliphatic hydroxyl groups is 1. The summed E-state index contributed by atoms with van der Waals surface area (Å²) in [4.78, 5) is 23.3. The lowest BCUT2D eigenvalue weighted by molar-refractivity contribution is -0.134. The molecular formula is C16H16N2O4. The Morgan fingerprint density at radius 2 is 2.18 bits per heavy atom. The molecule has 2 aromatic rings. The van der Waals surface area contributed by atoms with Crippen LogP contribution in [-0.2, 0) is 22.4 Å². The Kier molecular flexibility index (Phi) is 3.00. The highest BCUT2D eigenvalue weighted by atomic mass is 16.5. The van der Waals surface area contributed by atoms with Gasteiger partial charge in [-0.1, -0.05) is 11.2 Å². The molecule has 1 saturated heterocycles. The Balaban J connectivity index is 1.76. The molecule has 1 aromatic heterocycles. The predicted molar refractivity (Wildman–Crippen MR) is 77.1 cm³/mol. The minimum absolute atomic E-state index is 0.157. The van der Waals surface area contributed by atoms with Crippen molar-refractivity contribution in [2.75, 3.05) is 6.61 Å². The minimum Gasteiger partial charge on any atom is -0.396 e. The molecule has 0 radical (unpaired) electrons. The van der Waals surface area contributed by atoms with Crippen molar-refractivity contribution in [1.29, 1.82) is 0 Å². The monoisotopic (exact) mass is 300 g/mol. The van der Waals surface area contributed by atoms with Crippen LogP contribution in [0.15, 0.2) is 16.7 Å². The van der Waals surface area contributed by atoms with E-state index >= 15 is 0 Å². The van der Waals surface area contributed by atoms with E-state index in [0.29, 0.717) is 24.1 Å². The number of aromatic nitrogens is 1. The third-order valence-electron chi connectivity index (χ3n) is 4.70. The zero-order valence-corrected chi connectivity index (χ0v) is 12.0. The van der Waals surface area contributed by atoms with E-state index in [4.69, 9.17) is 4.52 Å². The molecule has 4 rings (SSSR count). The van der Waals surface area contributed by atoms with Crippen LogP contribution in [0.4, 0.5) is 0 Å². The van der Waals surface area contributed by atoms with Gasteiger partial charge in [0.25, 0.3) is 0 Å². The smallest absolute Gasteiger partial charge is 0.235 e. The van der Waals surface area contributed by atoms with Gasteiger partial charge >= 0.3 is 0 Å². The molecule has 0 saturated carbocycles. The fourth-order valence-corrected chi connectivity index (χ4v) is 3.54. The van der Waals surface area contributed by atoms with Gasteiger partial charge in [-0.25, -0.2) is 0 Å². The molecule has 114 valence electrons. The molecule has 6 nitrogen and oxygen atoms in total. The number of hydrogen-bond donors (Lipinski definition) is 2. The summed E-state index contributed by atoms with van der Waals surface area (Å²) in [6.45, 7) is 0.157. The predicted octanol–water partition coefficient (Wildman–Crippen LogP) is 1.06. The van der Waals surface area contributed by atoms with Crippen molar-refractivity contribution < 1.29 is 19.2 Å². The van der Waals surface area contributed by atoms with Crippen molar-refractivity contribution in [2.24, 2.45) is 5.92 Å². The van der Waals surface area contributed by atoms with E-state index < -0.39 is 5.92 Å². The molecule has 2 atom stereocenters.